The molecular weight excluding hydrogens is 170 g/mol. The Bertz CT molecular complexity index is 289. The summed E-state index contributed by atoms with van der Waals surface area (Å²) in [5.41, 5.74) is 2.86. The second-order valence-electron chi connectivity index (χ2n) is 4.27. The fraction of sp³-hybridized carbons (Fsp3) is 0.538. The van der Waals surface area contributed by atoms with Crippen LogP contribution in [0.2, 0.25) is 0 Å². The maximum Gasteiger partial charge on any atom is 0.0134 e. The highest BCUT2D eigenvalue weighted by atomic mass is 14.9. The third-order valence-electron chi connectivity index (χ3n) is 3.29. The van der Waals surface area contributed by atoms with Crippen molar-refractivity contribution in [3.8, 4) is 0 Å². The van der Waals surface area contributed by atoms with E-state index in [0.717, 1.165) is 5.92 Å². The lowest BCUT2D eigenvalue weighted by atomic mass is 9.90. The first-order chi connectivity index (χ1) is 6.81. The van der Waals surface area contributed by atoms with Gasteiger partial charge in [0.1, 0.15) is 0 Å². The molecule has 1 heterocycles. The van der Waals surface area contributed by atoms with Gasteiger partial charge in [-0.3, -0.25) is 0 Å². The van der Waals surface area contributed by atoms with Gasteiger partial charge in [0, 0.05) is 12.0 Å². The summed E-state index contributed by atoms with van der Waals surface area (Å²) in [6.07, 6.45) is 2.53. The molecule has 1 aliphatic heterocycles. The van der Waals surface area contributed by atoms with Crippen molar-refractivity contribution in [3.05, 3.63) is 35.4 Å². The summed E-state index contributed by atoms with van der Waals surface area (Å²) < 4.78 is 0. The summed E-state index contributed by atoms with van der Waals surface area (Å²) in [4.78, 5) is 0. The molecule has 1 heteroatoms. The Morgan fingerprint density at radius 3 is 2.64 bits per heavy atom. The van der Waals surface area contributed by atoms with E-state index in [4.69, 9.17) is 0 Å². The van der Waals surface area contributed by atoms with Gasteiger partial charge >= 0.3 is 0 Å². The first-order valence-corrected chi connectivity index (χ1v) is 5.61. The number of nitrogens with one attached hydrogen (secondary N) is 1. The van der Waals surface area contributed by atoms with Gasteiger partial charge < -0.3 is 5.32 Å². The van der Waals surface area contributed by atoms with Crippen LogP contribution < -0.4 is 5.32 Å². The molecule has 0 amide bonds. The van der Waals surface area contributed by atoms with E-state index >= 15 is 0 Å². The van der Waals surface area contributed by atoms with Crippen LogP contribution in [0.5, 0.6) is 0 Å². The van der Waals surface area contributed by atoms with Gasteiger partial charge in [0.15, 0.2) is 0 Å². The normalized spacial score (nSPS) is 26.7. The molecule has 0 saturated carbocycles. The lowest BCUT2D eigenvalue weighted by molar-refractivity contribution is 0.531. The van der Waals surface area contributed by atoms with Crippen molar-refractivity contribution in [1.82, 2.24) is 5.32 Å². The van der Waals surface area contributed by atoms with Crippen LogP contribution >= 0.6 is 0 Å². The van der Waals surface area contributed by atoms with Gasteiger partial charge in [0.2, 0.25) is 0 Å². The number of hydrogen-bond donors (Lipinski definition) is 1. The highest BCUT2D eigenvalue weighted by molar-refractivity contribution is 5.26. The molecule has 1 saturated heterocycles. The van der Waals surface area contributed by atoms with Gasteiger partial charge in [0.05, 0.1) is 0 Å². The Morgan fingerprint density at radius 1 is 1.29 bits per heavy atom. The van der Waals surface area contributed by atoms with Crippen molar-refractivity contribution in [2.24, 2.45) is 0 Å². The van der Waals surface area contributed by atoms with Gasteiger partial charge in [-0.15, -0.1) is 0 Å². The zero-order chi connectivity index (χ0) is 9.97. The number of rotatable bonds is 2. The summed E-state index contributed by atoms with van der Waals surface area (Å²) in [6, 6.07) is 9.71. The molecule has 0 bridgehead atoms. The van der Waals surface area contributed by atoms with Crippen LogP contribution in [-0.2, 0) is 0 Å². The second kappa shape index (κ2) is 4.14. The van der Waals surface area contributed by atoms with E-state index in [1.165, 1.54) is 30.5 Å². The standard InChI is InChI=1S/C13H19N/c1-3-13-12(8-9-14-13)11-6-4-10(2)5-7-11/h4-7,12-14H,3,8-9H2,1-2H3. The smallest absolute Gasteiger partial charge is 0.0134 e. The zero-order valence-corrected chi connectivity index (χ0v) is 9.09. The Labute approximate surface area is 86.5 Å². The average molecular weight is 189 g/mol. The monoisotopic (exact) mass is 189 g/mol. The largest absolute Gasteiger partial charge is 0.313 e. The summed E-state index contributed by atoms with van der Waals surface area (Å²) in [5, 5.41) is 3.57. The summed E-state index contributed by atoms with van der Waals surface area (Å²) in [7, 11) is 0. The predicted molar refractivity (Wildman–Crippen MR) is 60.6 cm³/mol. The van der Waals surface area contributed by atoms with Crippen LogP contribution in [0.15, 0.2) is 24.3 Å². The third-order valence-corrected chi connectivity index (χ3v) is 3.29. The molecule has 14 heavy (non-hydrogen) atoms. The van der Waals surface area contributed by atoms with E-state index in [1.807, 2.05) is 0 Å². The molecule has 0 radical (unpaired) electrons. The lowest BCUT2D eigenvalue weighted by Gasteiger charge is -2.18. The minimum atomic E-state index is 0.692. The van der Waals surface area contributed by atoms with Crippen LogP contribution in [0.4, 0.5) is 0 Å². The summed E-state index contributed by atoms with van der Waals surface area (Å²) in [6.45, 7) is 5.59. The molecule has 2 atom stereocenters. The number of benzene rings is 1. The van der Waals surface area contributed by atoms with Crippen molar-refractivity contribution in [3.63, 3.8) is 0 Å². The van der Waals surface area contributed by atoms with E-state index < -0.39 is 0 Å². The summed E-state index contributed by atoms with van der Waals surface area (Å²) in [5.74, 6) is 0.737. The molecule has 0 spiro atoms. The first kappa shape index (κ1) is 9.72. The van der Waals surface area contributed by atoms with Gasteiger partial charge in [-0.2, -0.15) is 0 Å². The molecule has 2 rings (SSSR count). The summed E-state index contributed by atoms with van der Waals surface area (Å²) >= 11 is 0. The topological polar surface area (TPSA) is 12.0 Å². The highest BCUT2D eigenvalue weighted by Crippen LogP contribution is 2.29. The molecule has 1 aromatic carbocycles. The van der Waals surface area contributed by atoms with Crippen LogP contribution in [0.1, 0.15) is 36.8 Å². The fourth-order valence-electron chi connectivity index (χ4n) is 2.41. The molecule has 1 N–H and O–H groups in total. The molecule has 1 aromatic rings. The molecule has 1 nitrogen and oxygen atoms in total. The average Bonchev–Trinajstić information content (AvgIpc) is 2.67. The Balaban J connectivity index is 2.17. The minimum Gasteiger partial charge on any atom is -0.313 e. The van der Waals surface area contributed by atoms with Gasteiger partial charge in [-0.25, -0.2) is 0 Å². The first-order valence-electron chi connectivity index (χ1n) is 5.61. The fourth-order valence-corrected chi connectivity index (χ4v) is 2.41. The number of hydrogen-bond acceptors (Lipinski definition) is 1. The van der Waals surface area contributed by atoms with E-state index in [9.17, 15) is 0 Å². The molecule has 0 aromatic heterocycles. The quantitative estimate of drug-likeness (QED) is 0.754. The Hall–Kier alpha value is -0.820. The van der Waals surface area contributed by atoms with Gasteiger partial charge in [-0.05, 0) is 31.9 Å². The molecule has 1 aliphatic rings. The van der Waals surface area contributed by atoms with Gasteiger partial charge in [0.25, 0.3) is 0 Å². The predicted octanol–water partition coefficient (Wildman–Crippen LogP) is 2.85. The minimum absolute atomic E-state index is 0.692. The maximum absolute atomic E-state index is 3.57. The van der Waals surface area contributed by atoms with Crippen molar-refractivity contribution < 1.29 is 0 Å². The third kappa shape index (κ3) is 1.83. The Morgan fingerprint density at radius 2 is 2.00 bits per heavy atom. The van der Waals surface area contributed by atoms with E-state index in [-0.39, 0.29) is 0 Å². The van der Waals surface area contributed by atoms with Crippen molar-refractivity contribution >= 4 is 0 Å². The van der Waals surface area contributed by atoms with E-state index in [1.54, 1.807) is 0 Å². The zero-order valence-electron chi connectivity index (χ0n) is 9.09. The number of aryl methyl sites for hydroxylation is 1. The Kier molecular flexibility index (Phi) is 2.87. The van der Waals surface area contributed by atoms with Crippen LogP contribution in [0.25, 0.3) is 0 Å². The van der Waals surface area contributed by atoms with Crippen molar-refractivity contribution in [2.75, 3.05) is 6.54 Å². The van der Waals surface area contributed by atoms with Crippen molar-refractivity contribution in [2.45, 2.75) is 38.6 Å². The van der Waals surface area contributed by atoms with Gasteiger partial charge in [-0.1, -0.05) is 36.8 Å². The molecule has 2 unspecified atom stereocenters. The highest BCUT2D eigenvalue weighted by Gasteiger charge is 2.26. The lowest BCUT2D eigenvalue weighted by Crippen LogP contribution is -2.24. The van der Waals surface area contributed by atoms with Crippen LogP contribution in [-0.4, -0.2) is 12.6 Å². The molecule has 0 aliphatic carbocycles. The second-order valence-corrected chi connectivity index (χ2v) is 4.27. The van der Waals surface area contributed by atoms with Crippen molar-refractivity contribution in [1.29, 1.82) is 0 Å². The molecule has 76 valence electrons. The SMILES string of the molecule is CCC1NCCC1c1ccc(C)cc1. The maximum atomic E-state index is 3.57. The van der Waals surface area contributed by atoms with E-state index in [2.05, 4.69) is 43.4 Å². The van der Waals surface area contributed by atoms with Crippen LogP contribution in [0, 0.1) is 6.92 Å². The van der Waals surface area contributed by atoms with Crippen LogP contribution in [0.3, 0.4) is 0 Å². The molecule has 1 fully saturated rings. The molecular formula is C13H19N. The van der Waals surface area contributed by atoms with E-state index in [0.29, 0.717) is 6.04 Å².